The van der Waals surface area contributed by atoms with Crippen molar-refractivity contribution in [3.8, 4) is 0 Å². The molecule has 0 fully saturated rings. The molecule has 1 aromatic rings. The molecule has 0 saturated carbocycles. The smallest absolute Gasteiger partial charge is 0.254 e. The lowest BCUT2D eigenvalue weighted by Gasteiger charge is -2.20. The summed E-state index contributed by atoms with van der Waals surface area (Å²) < 4.78 is 0. The fourth-order valence-corrected chi connectivity index (χ4v) is 1.74. The maximum absolute atomic E-state index is 12.1. The quantitative estimate of drug-likeness (QED) is 0.624. The average Bonchev–Trinajstić information content (AvgIpc) is 2.34. The van der Waals surface area contributed by atoms with Gasteiger partial charge in [0, 0.05) is 24.8 Å². The van der Waals surface area contributed by atoms with Crippen molar-refractivity contribution in [2.24, 2.45) is 5.73 Å². The molecule has 0 aliphatic rings. The van der Waals surface area contributed by atoms with E-state index in [0.29, 0.717) is 23.8 Å². The highest BCUT2D eigenvalue weighted by Crippen LogP contribution is 2.10. The Kier molecular flexibility index (Phi) is 5.94. The third-order valence-corrected chi connectivity index (χ3v) is 2.73. The van der Waals surface area contributed by atoms with Crippen molar-refractivity contribution < 1.29 is 4.79 Å². The van der Waals surface area contributed by atoms with Gasteiger partial charge in [0.2, 0.25) is 0 Å². The minimum atomic E-state index is -0.00572. The Morgan fingerprint density at radius 2 is 2.29 bits per heavy atom. The molecule has 4 nitrogen and oxygen atoms in total. The monoisotopic (exact) mass is 255 g/mol. The highest BCUT2D eigenvalue weighted by molar-refractivity contribution is 6.29. The Morgan fingerprint density at radius 3 is 2.88 bits per heavy atom. The second-order valence-corrected chi connectivity index (χ2v) is 4.14. The van der Waals surface area contributed by atoms with Crippen LogP contribution in [0.25, 0.3) is 0 Å². The number of carbonyl (C=O) groups excluding carboxylic acids is 1. The number of carbonyl (C=O) groups is 1. The van der Waals surface area contributed by atoms with Crippen molar-refractivity contribution in [3.05, 3.63) is 29.0 Å². The molecule has 5 heteroatoms. The van der Waals surface area contributed by atoms with Crippen LogP contribution in [0.4, 0.5) is 0 Å². The summed E-state index contributed by atoms with van der Waals surface area (Å²) in [6, 6.07) is 3.27. The third kappa shape index (κ3) is 4.32. The maximum atomic E-state index is 12.1. The predicted molar refractivity (Wildman–Crippen MR) is 69.1 cm³/mol. The SMILES string of the molecule is CCN(CCCCN)C(=O)c1ccnc(Cl)c1. The van der Waals surface area contributed by atoms with Crippen molar-refractivity contribution in [2.75, 3.05) is 19.6 Å². The van der Waals surface area contributed by atoms with Crippen LogP contribution in [0, 0.1) is 0 Å². The number of pyridine rings is 1. The van der Waals surface area contributed by atoms with Crippen LogP contribution in [-0.2, 0) is 0 Å². The molecule has 0 spiro atoms. The summed E-state index contributed by atoms with van der Waals surface area (Å²) in [4.78, 5) is 17.8. The van der Waals surface area contributed by atoms with E-state index in [1.807, 2.05) is 6.92 Å². The van der Waals surface area contributed by atoms with Gasteiger partial charge in [0.05, 0.1) is 0 Å². The lowest BCUT2D eigenvalue weighted by molar-refractivity contribution is 0.0762. The first-order valence-electron chi connectivity index (χ1n) is 5.80. The van der Waals surface area contributed by atoms with Crippen molar-refractivity contribution in [1.29, 1.82) is 0 Å². The van der Waals surface area contributed by atoms with E-state index in [1.165, 1.54) is 0 Å². The number of unbranched alkanes of at least 4 members (excludes halogenated alkanes) is 1. The molecule has 0 radical (unpaired) electrons. The Labute approximate surface area is 107 Å². The van der Waals surface area contributed by atoms with Crippen LogP contribution in [0.15, 0.2) is 18.3 Å². The van der Waals surface area contributed by atoms with Crippen molar-refractivity contribution >= 4 is 17.5 Å². The van der Waals surface area contributed by atoms with Crippen molar-refractivity contribution in [2.45, 2.75) is 19.8 Å². The summed E-state index contributed by atoms with van der Waals surface area (Å²) in [5.74, 6) is -0.00572. The van der Waals surface area contributed by atoms with Gasteiger partial charge in [-0.05, 0) is 38.4 Å². The van der Waals surface area contributed by atoms with Crippen LogP contribution in [0.1, 0.15) is 30.1 Å². The molecule has 17 heavy (non-hydrogen) atoms. The molecule has 1 amide bonds. The van der Waals surface area contributed by atoms with Gasteiger partial charge in [0.25, 0.3) is 5.91 Å². The molecule has 0 bridgehead atoms. The van der Waals surface area contributed by atoms with Gasteiger partial charge in [-0.1, -0.05) is 11.6 Å². The summed E-state index contributed by atoms with van der Waals surface area (Å²) in [6.45, 7) is 4.03. The van der Waals surface area contributed by atoms with Gasteiger partial charge in [-0.25, -0.2) is 4.98 Å². The minimum Gasteiger partial charge on any atom is -0.339 e. The van der Waals surface area contributed by atoms with Gasteiger partial charge in [0.15, 0.2) is 0 Å². The van der Waals surface area contributed by atoms with Crippen molar-refractivity contribution in [1.82, 2.24) is 9.88 Å². The number of aromatic nitrogens is 1. The number of hydrogen-bond acceptors (Lipinski definition) is 3. The van der Waals surface area contributed by atoms with Crippen LogP contribution >= 0.6 is 11.6 Å². The van der Waals surface area contributed by atoms with Gasteiger partial charge in [-0.3, -0.25) is 4.79 Å². The van der Waals surface area contributed by atoms with Crippen LogP contribution in [-0.4, -0.2) is 35.4 Å². The van der Waals surface area contributed by atoms with E-state index >= 15 is 0 Å². The lowest BCUT2D eigenvalue weighted by Crippen LogP contribution is -2.32. The molecular formula is C12H18ClN3O. The first kappa shape index (κ1) is 13.9. The van der Waals surface area contributed by atoms with Gasteiger partial charge in [-0.2, -0.15) is 0 Å². The summed E-state index contributed by atoms with van der Waals surface area (Å²) in [5.41, 5.74) is 6.02. The summed E-state index contributed by atoms with van der Waals surface area (Å²) >= 11 is 5.77. The number of nitrogens with zero attached hydrogens (tertiary/aromatic N) is 2. The van der Waals surface area contributed by atoms with Gasteiger partial charge in [0.1, 0.15) is 5.15 Å². The molecule has 94 valence electrons. The molecule has 2 N–H and O–H groups in total. The molecule has 1 heterocycles. The Bertz CT molecular complexity index is 371. The number of nitrogens with two attached hydrogens (primary N) is 1. The lowest BCUT2D eigenvalue weighted by atomic mass is 10.2. The Balaban J connectivity index is 2.65. The first-order valence-corrected chi connectivity index (χ1v) is 6.17. The van der Waals surface area contributed by atoms with E-state index in [0.717, 1.165) is 19.4 Å². The number of rotatable bonds is 6. The topological polar surface area (TPSA) is 59.2 Å². The second-order valence-electron chi connectivity index (χ2n) is 3.75. The molecule has 0 aliphatic heterocycles. The van der Waals surface area contributed by atoms with Gasteiger partial charge >= 0.3 is 0 Å². The first-order chi connectivity index (χ1) is 8.19. The van der Waals surface area contributed by atoms with Crippen LogP contribution in [0.2, 0.25) is 5.15 Å². The maximum Gasteiger partial charge on any atom is 0.254 e. The van der Waals surface area contributed by atoms with Crippen LogP contribution in [0.5, 0.6) is 0 Å². The summed E-state index contributed by atoms with van der Waals surface area (Å²) in [5, 5.41) is 0.342. The van der Waals surface area contributed by atoms with E-state index in [-0.39, 0.29) is 5.91 Å². The molecule has 0 atom stereocenters. The molecule has 0 unspecified atom stereocenters. The third-order valence-electron chi connectivity index (χ3n) is 2.52. The van der Waals surface area contributed by atoms with Gasteiger partial charge in [-0.15, -0.1) is 0 Å². The van der Waals surface area contributed by atoms with E-state index in [9.17, 15) is 4.79 Å². The van der Waals surface area contributed by atoms with Crippen LogP contribution in [0.3, 0.4) is 0 Å². The zero-order valence-electron chi connectivity index (χ0n) is 10.0. The number of amides is 1. The molecule has 1 aromatic heterocycles. The van der Waals surface area contributed by atoms with E-state index in [1.54, 1.807) is 23.2 Å². The molecule has 1 rings (SSSR count). The summed E-state index contributed by atoms with van der Waals surface area (Å²) in [7, 11) is 0. The molecule has 0 aromatic carbocycles. The summed E-state index contributed by atoms with van der Waals surface area (Å²) in [6.07, 6.45) is 3.40. The fraction of sp³-hybridized carbons (Fsp3) is 0.500. The standard InChI is InChI=1S/C12H18ClN3O/c1-2-16(8-4-3-6-14)12(17)10-5-7-15-11(13)9-10/h5,7,9H,2-4,6,8,14H2,1H3. The largest absolute Gasteiger partial charge is 0.339 e. The Morgan fingerprint density at radius 1 is 1.53 bits per heavy atom. The van der Waals surface area contributed by atoms with Crippen LogP contribution < -0.4 is 5.73 Å². The fourth-order valence-electron chi connectivity index (χ4n) is 1.57. The molecule has 0 saturated heterocycles. The highest BCUT2D eigenvalue weighted by atomic mass is 35.5. The number of hydrogen-bond donors (Lipinski definition) is 1. The normalized spacial score (nSPS) is 10.3. The van der Waals surface area contributed by atoms with E-state index < -0.39 is 0 Å². The van der Waals surface area contributed by atoms with E-state index in [2.05, 4.69) is 4.98 Å². The minimum absolute atomic E-state index is 0.00572. The highest BCUT2D eigenvalue weighted by Gasteiger charge is 2.13. The van der Waals surface area contributed by atoms with Crippen molar-refractivity contribution in [3.63, 3.8) is 0 Å². The zero-order chi connectivity index (χ0) is 12.7. The zero-order valence-corrected chi connectivity index (χ0v) is 10.8. The van der Waals surface area contributed by atoms with Gasteiger partial charge < -0.3 is 10.6 Å². The molecular weight excluding hydrogens is 238 g/mol. The van der Waals surface area contributed by atoms with E-state index in [4.69, 9.17) is 17.3 Å². The second kappa shape index (κ2) is 7.25. The predicted octanol–water partition coefficient (Wildman–Crippen LogP) is 1.94. The Hall–Kier alpha value is -1.13. The average molecular weight is 256 g/mol. The molecule has 0 aliphatic carbocycles. The number of halogens is 1.